The molecule has 1 aromatic heterocycles. The van der Waals surface area contributed by atoms with Gasteiger partial charge in [-0.3, -0.25) is 9.48 Å². The highest BCUT2D eigenvalue weighted by Crippen LogP contribution is 2.03. The number of nitrogens with zero attached hydrogens (tertiary/aromatic N) is 2. The van der Waals surface area contributed by atoms with Crippen LogP contribution < -0.4 is 0 Å². The first-order valence-electron chi connectivity index (χ1n) is 5.37. The van der Waals surface area contributed by atoms with E-state index < -0.39 is 0 Å². The van der Waals surface area contributed by atoms with E-state index in [0.717, 1.165) is 6.42 Å². The van der Waals surface area contributed by atoms with Crippen LogP contribution in [0.4, 0.5) is 0 Å². The Morgan fingerprint density at radius 3 is 2.69 bits per heavy atom. The van der Waals surface area contributed by atoms with Crippen molar-refractivity contribution in [2.45, 2.75) is 19.4 Å². The first-order valence-corrected chi connectivity index (χ1v) is 5.37. The Morgan fingerprint density at radius 1 is 1.19 bits per heavy atom. The van der Waals surface area contributed by atoms with Gasteiger partial charge in [0.1, 0.15) is 0 Å². The van der Waals surface area contributed by atoms with Gasteiger partial charge in [0.25, 0.3) is 0 Å². The Hall–Kier alpha value is -1.90. The molecule has 0 aliphatic carbocycles. The molecule has 0 amide bonds. The molecule has 0 N–H and O–H groups in total. The maximum absolute atomic E-state index is 11.6. The number of hydrogen-bond donors (Lipinski definition) is 0. The molecule has 3 nitrogen and oxygen atoms in total. The molecule has 1 heterocycles. The van der Waals surface area contributed by atoms with E-state index in [2.05, 4.69) is 5.10 Å². The van der Waals surface area contributed by atoms with E-state index >= 15 is 0 Å². The fourth-order valence-electron chi connectivity index (χ4n) is 1.58. The van der Waals surface area contributed by atoms with Gasteiger partial charge in [0.15, 0.2) is 5.78 Å². The summed E-state index contributed by atoms with van der Waals surface area (Å²) in [5.41, 5.74) is 1.20. The summed E-state index contributed by atoms with van der Waals surface area (Å²) in [6.45, 7) is 0.375. The minimum absolute atomic E-state index is 0.215. The third kappa shape index (κ3) is 3.05. The fourth-order valence-corrected chi connectivity index (χ4v) is 1.58. The number of ketones is 1. The number of benzene rings is 1. The third-order valence-corrected chi connectivity index (χ3v) is 2.43. The van der Waals surface area contributed by atoms with Crippen LogP contribution in [0.5, 0.6) is 0 Å². The van der Waals surface area contributed by atoms with Gasteiger partial charge in [-0.1, -0.05) is 30.3 Å². The normalized spacial score (nSPS) is 10.2. The van der Waals surface area contributed by atoms with Crippen LogP contribution in [0.15, 0.2) is 48.8 Å². The van der Waals surface area contributed by atoms with Crippen molar-refractivity contribution in [3.63, 3.8) is 0 Å². The lowest BCUT2D eigenvalue weighted by Gasteiger charge is -2.01. The second-order valence-electron chi connectivity index (χ2n) is 3.73. The predicted octanol–water partition coefficient (Wildman–Crippen LogP) is 2.08. The summed E-state index contributed by atoms with van der Waals surface area (Å²) in [4.78, 5) is 11.6. The minimum Gasteiger partial charge on any atom is -0.298 e. The topological polar surface area (TPSA) is 34.9 Å². The van der Waals surface area contributed by atoms with Gasteiger partial charge in [-0.2, -0.15) is 5.10 Å². The molecule has 0 spiro atoms. The molecular weight excluding hydrogens is 200 g/mol. The van der Waals surface area contributed by atoms with E-state index in [-0.39, 0.29) is 5.78 Å². The molecule has 0 saturated carbocycles. The smallest absolute Gasteiger partial charge is 0.154 e. The molecule has 0 radical (unpaired) electrons. The summed E-state index contributed by atoms with van der Waals surface area (Å²) in [7, 11) is 0. The Labute approximate surface area is 94.7 Å². The zero-order valence-corrected chi connectivity index (χ0v) is 9.04. The molecule has 16 heavy (non-hydrogen) atoms. The van der Waals surface area contributed by atoms with Crippen LogP contribution in [0.1, 0.15) is 12.0 Å². The van der Waals surface area contributed by atoms with Crippen LogP contribution in [-0.2, 0) is 17.8 Å². The van der Waals surface area contributed by atoms with Crippen molar-refractivity contribution < 1.29 is 4.79 Å². The number of aromatic nitrogens is 2. The molecule has 82 valence electrons. The summed E-state index contributed by atoms with van der Waals surface area (Å²) in [5, 5.41) is 4.01. The van der Waals surface area contributed by atoms with Gasteiger partial charge < -0.3 is 0 Å². The van der Waals surface area contributed by atoms with Crippen molar-refractivity contribution in [1.29, 1.82) is 0 Å². The maximum atomic E-state index is 11.6. The van der Waals surface area contributed by atoms with Crippen LogP contribution >= 0.6 is 0 Å². The predicted molar refractivity (Wildman–Crippen MR) is 62.0 cm³/mol. The number of aryl methyl sites for hydroxylation is 1. The SMILES string of the molecule is O=C(CCc1ccccc1)Cn1cccn1. The van der Waals surface area contributed by atoms with Crippen molar-refractivity contribution >= 4 is 5.78 Å². The molecule has 3 heteroatoms. The Bertz CT molecular complexity index is 434. The largest absolute Gasteiger partial charge is 0.298 e. The highest BCUT2D eigenvalue weighted by Gasteiger charge is 2.03. The first kappa shape index (κ1) is 10.6. The quantitative estimate of drug-likeness (QED) is 0.763. The van der Waals surface area contributed by atoms with E-state index in [0.29, 0.717) is 13.0 Å². The van der Waals surface area contributed by atoms with Gasteiger partial charge in [-0.05, 0) is 18.1 Å². The minimum atomic E-state index is 0.215. The molecule has 0 fully saturated rings. The third-order valence-electron chi connectivity index (χ3n) is 2.43. The first-order chi connectivity index (χ1) is 7.84. The number of Topliss-reactive ketones (excluding diaryl/α,β-unsaturated/α-hetero) is 1. The van der Waals surface area contributed by atoms with Crippen LogP contribution in [0, 0.1) is 0 Å². The van der Waals surface area contributed by atoms with E-state index in [9.17, 15) is 4.79 Å². The molecule has 0 unspecified atom stereocenters. The van der Waals surface area contributed by atoms with Crippen LogP contribution in [-0.4, -0.2) is 15.6 Å². The summed E-state index contributed by atoms with van der Waals surface area (Å²) < 4.78 is 1.66. The summed E-state index contributed by atoms with van der Waals surface area (Å²) in [6, 6.07) is 11.9. The van der Waals surface area contributed by atoms with Gasteiger partial charge in [-0.25, -0.2) is 0 Å². The Balaban J connectivity index is 1.80. The van der Waals surface area contributed by atoms with Crippen LogP contribution in [0.3, 0.4) is 0 Å². The number of carbonyl (C=O) groups excluding carboxylic acids is 1. The number of hydrogen-bond acceptors (Lipinski definition) is 2. The van der Waals surface area contributed by atoms with Crippen molar-refractivity contribution in [2.75, 3.05) is 0 Å². The molecule has 2 rings (SSSR count). The lowest BCUT2D eigenvalue weighted by atomic mass is 10.1. The molecule has 2 aromatic rings. The van der Waals surface area contributed by atoms with Gasteiger partial charge in [0.05, 0.1) is 6.54 Å². The van der Waals surface area contributed by atoms with Crippen molar-refractivity contribution in [3.05, 3.63) is 54.4 Å². The van der Waals surface area contributed by atoms with E-state index in [1.165, 1.54) is 5.56 Å². The molecular formula is C13H14N2O. The highest BCUT2D eigenvalue weighted by molar-refractivity contribution is 5.78. The van der Waals surface area contributed by atoms with E-state index in [4.69, 9.17) is 0 Å². The van der Waals surface area contributed by atoms with Gasteiger partial charge in [-0.15, -0.1) is 0 Å². The summed E-state index contributed by atoms with van der Waals surface area (Å²) in [5.74, 6) is 0.215. The second kappa shape index (κ2) is 5.26. The van der Waals surface area contributed by atoms with Gasteiger partial charge >= 0.3 is 0 Å². The van der Waals surface area contributed by atoms with Crippen molar-refractivity contribution in [1.82, 2.24) is 9.78 Å². The number of carbonyl (C=O) groups is 1. The molecule has 0 aliphatic heterocycles. The molecule has 0 saturated heterocycles. The van der Waals surface area contributed by atoms with Crippen molar-refractivity contribution in [2.24, 2.45) is 0 Å². The van der Waals surface area contributed by atoms with Crippen LogP contribution in [0.2, 0.25) is 0 Å². The summed E-state index contributed by atoms with van der Waals surface area (Å²) in [6.07, 6.45) is 4.87. The molecule has 1 aromatic carbocycles. The summed E-state index contributed by atoms with van der Waals surface area (Å²) >= 11 is 0. The zero-order chi connectivity index (χ0) is 11.2. The van der Waals surface area contributed by atoms with Crippen molar-refractivity contribution in [3.8, 4) is 0 Å². The van der Waals surface area contributed by atoms with Gasteiger partial charge in [0.2, 0.25) is 0 Å². The molecule has 0 atom stereocenters. The lowest BCUT2D eigenvalue weighted by Crippen LogP contribution is -2.11. The highest BCUT2D eigenvalue weighted by atomic mass is 16.1. The average Bonchev–Trinajstić information content (AvgIpc) is 2.81. The zero-order valence-electron chi connectivity index (χ0n) is 9.04. The Morgan fingerprint density at radius 2 is 2.00 bits per heavy atom. The second-order valence-corrected chi connectivity index (χ2v) is 3.73. The van der Waals surface area contributed by atoms with Gasteiger partial charge in [0, 0.05) is 18.8 Å². The average molecular weight is 214 g/mol. The van der Waals surface area contributed by atoms with E-state index in [1.807, 2.05) is 36.4 Å². The number of rotatable bonds is 5. The molecule has 0 bridgehead atoms. The Kier molecular flexibility index (Phi) is 3.49. The van der Waals surface area contributed by atoms with Crippen LogP contribution in [0.25, 0.3) is 0 Å². The van der Waals surface area contributed by atoms with E-state index in [1.54, 1.807) is 17.1 Å². The maximum Gasteiger partial charge on any atom is 0.154 e. The standard InChI is InChI=1S/C13H14N2O/c16-13(11-15-10-4-9-14-15)8-7-12-5-2-1-3-6-12/h1-6,9-10H,7-8,11H2. The molecule has 0 aliphatic rings. The fraction of sp³-hybridized carbons (Fsp3) is 0.231. The lowest BCUT2D eigenvalue weighted by molar-refractivity contribution is -0.119. The monoisotopic (exact) mass is 214 g/mol.